The highest BCUT2D eigenvalue weighted by molar-refractivity contribution is 5.99. The molecule has 0 bridgehead atoms. The number of hydrogen-bond acceptors (Lipinski definition) is 6. The Morgan fingerprint density at radius 3 is 2.52 bits per heavy atom. The Kier molecular flexibility index (Phi) is 12.4. The number of nitrogens with zero attached hydrogens (tertiary/aromatic N) is 1. The first-order valence-corrected chi connectivity index (χ1v) is 13.9. The molecule has 3 rings (SSSR count). The van der Waals surface area contributed by atoms with Crippen LogP contribution < -0.4 is 26.0 Å². The molecule has 2 aromatic rings. The van der Waals surface area contributed by atoms with Crippen LogP contribution >= 0.6 is 0 Å². The van der Waals surface area contributed by atoms with E-state index in [-0.39, 0.29) is 37.2 Å². The third-order valence-corrected chi connectivity index (χ3v) is 6.56. The predicted molar refractivity (Wildman–Crippen MR) is 153 cm³/mol. The molecule has 4 N–H and O–H groups in total. The molecule has 0 fully saturated rings. The van der Waals surface area contributed by atoms with Crippen LogP contribution in [0.4, 0.5) is 0 Å². The molecule has 2 aromatic carbocycles. The van der Waals surface area contributed by atoms with Crippen molar-refractivity contribution in [1.82, 2.24) is 26.2 Å². The van der Waals surface area contributed by atoms with Gasteiger partial charge in [-0.25, -0.2) is 0 Å². The Morgan fingerprint density at radius 2 is 1.75 bits per heavy atom. The highest BCUT2D eigenvalue weighted by Gasteiger charge is 2.26. The number of carbonyl (C=O) groups excluding carboxylic acids is 4. The number of rotatable bonds is 8. The van der Waals surface area contributed by atoms with E-state index in [9.17, 15) is 19.2 Å². The SMILES string of the molecule is CN(C)CCCCNC(=O)[C@@H]1CCC(=O)N[C@@H](Cc2ccccc2)C(=O)NCCCOc2ccccc2C(=O)N1. The quantitative estimate of drug-likeness (QED) is 0.370. The van der Waals surface area contributed by atoms with Crippen LogP contribution in [0.2, 0.25) is 0 Å². The largest absolute Gasteiger partial charge is 0.493 e. The number of benzene rings is 2. The van der Waals surface area contributed by atoms with E-state index < -0.39 is 18.0 Å². The Bertz CT molecular complexity index is 1120. The van der Waals surface area contributed by atoms with Crippen molar-refractivity contribution in [2.45, 2.75) is 50.6 Å². The maximum absolute atomic E-state index is 13.2. The topological polar surface area (TPSA) is 129 Å². The van der Waals surface area contributed by atoms with Crippen molar-refractivity contribution in [1.29, 1.82) is 0 Å². The Morgan fingerprint density at radius 1 is 1.00 bits per heavy atom. The molecule has 4 amide bonds. The van der Waals surface area contributed by atoms with Gasteiger partial charge in [0.25, 0.3) is 5.91 Å². The van der Waals surface area contributed by atoms with Gasteiger partial charge >= 0.3 is 0 Å². The molecular formula is C30H41N5O5. The summed E-state index contributed by atoms with van der Waals surface area (Å²) in [6, 6.07) is 14.6. The third-order valence-electron chi connectivity index (χ3n) is 6.56. The zero-order chi connectivity index (χ0) is 28.7. The number of nitrogens with one attached hydrogen (secondary N) is 4. The molecule has 0 radical (unpaired) electrons. The zero-order valence-corrected chi connectivity index (χ0v) is 23.4. The van der Waals surface area contributed by atoms with Crippen LogP contribution in [-0.4, -0.2) is 80.9 Å². The number of amides is 4. The lowest BCUT2D eigenvalue weighted by Gasteiger charge is -2.22. The van der Waals surface area contributed by atoms with Gasteiger partial charge in [0, 0.05) is 25.9 Å². The van der Waals surface area contributed by atoms with E-state index in [1.165, 1.54) is 0 Å². The third kappa shape index (κ3) is 10.3. The van der Waals surface area contributed by atoms with Crippen LogP contribution in [0.1, 0.15) is 48.0 Å². The normalized spacial score (nSPS) is 19.0. The number of fused-ring (bicyclic) bond motifs is 1. The molecule has 1 heterocycles. The van der Waals surface area contributed by atoms with E-state index in [0.29, 0.717) is 37.2 Å². The van der Waals surface area contributed by atoms with Crippen LogP contribution in [0, 0.1) is 0 Å². The van der Waals surface area contributed by atoms with Gasteiger partial charge in [0.1, 0.15) is 17.8 Å². The minimum absolute atomic E-state index is 0.0459. The average Bonchev–Trinajstić information content (AvgIpc) is 2.94. The van der Waals surface area contributed by atoms with Gasteiger partial charge in [0.15, 0.2) is 0 Å². The van der Waals surface area contributed by atoms with Crippen LogP contribution in [0.5, 0.6) is 5.75 Å². The molecule has 0 aliphatic carbocycles. The van der Waals surface area contributed by atoms with Gasteiger partial charge in [-0.05, 0) is 64.0 Å². The van der Waals surface area contributed by atoms with Gasteiger partial charge in [0.2, 0.25) is 17.7 Å². The summed E-state index contributed by atoms with van der Waals surface area (Å²) in [5, 5.41) is 11.4. The fourth-order valence-electron chi connectivity index (χ4n) is 4.36. The molecule has 0 saturated heterocycles. The second-order valence-electron chi connectivity index (χ2n) is 10.2. The van der Waals surface area contributed by atoms with Gasteiger partial charge < -0.3 is 30.9 Å². The lowest BCUT2D eigenvalue weighted by atomic mass is 10.0. The highest BCUT2D eigenvalue weighted by atomic mass is 16.5. The van der Waals surface area contributed by atoms with Crippen LogP contribution in [0.15, 0.2) is 54.6 Å². The molecule has 40 heavy (non-hydrogen) atoms. The number of carbonyl (C=O) groups is 4. The minimum Gasteiger partial charge on any atom is -0.493 e. The van der Waals surface area contributed by atoms with E-state index in [1.54, 1.807) is 24.3 Å². The van der Waals surface area contributed by atoms with Crippen molar-refractivity contribution in [3.05, 3.63) is 65.7 Å². The van der Waals surface area contributed by atoms with Crippen molar-refractivity contribution in [3.8, 4) is 5.75 Å². The van der Waals surface area contributed by atoms with Crippen molar-refractivity contribution >= 4 is 23.6 Å². The van der Waals surface area contributed by atoms with Crippen molar-refractivity contribution < 1.29 is 23.9 Å². The van der Waals surface area contributed by atoms with E-state index in [1.807, 2.05) is 44.4 Å². The van der Waals surface area contributed by atoms with Crippen LogP contribution in [0.3, 0.4) is 0 Å². The fourth-order valence-corrected chi connectivity index (χ4v) is 4.36. The molecule has 2 atom stereocenters. The maximum atomic E-state index is 13.2. The minimum atomic E-state index is -0.936. The smallest absolute Gasteiger partial charge is 0.255 e. The van der Waals surface area contributed by atoms with Crippen molar-refractivity contribution in [2.75, 3.05) is 40.3 Å². The summed E-state index contributed by atoms with van der Waals surface area (Å²) in [6.07, 6.45) is 2.57. The van der Waals surface area contributed by atoms with Gasteiger partial charge in [-0.2, -0.15) is 0 Å². The zero-order valence-electron chi connectivity index (χ0n) is 23.4. The number of unbranched alkanes of at least 4 members (excludes halogenated alkanes) is 1. The first-order valence-electron chi connectivity index (χ1n) is 13.9. The lowest BCUT2D eigenvalue weighted by molar-refractivity contribution is -0.129. The summed E-state index contributed by atoms with van der Waals surface area (Å²) in [5.41, 5.74) is 1.21. The first-order chi connectivity index (χ1) is 19.3. The number of para-hydroxylation sites is 1. The molecule has 0 spiro atoms. The molecule has 10 nitrogen and oxygen atoms in total. The fraction of sp³-hybridized carbons (Fsp3) is 0.467. The van der Waals surface area contributed by atoms with E-state index in [2.05, 4.69) is 26.2 Å². The second kappa shape index (κ2) is 16.2. The number of hydrogen-bond donors (Lipinski definition) is 4. The average molecular weight is 552 g/mol. The molecule has 10 heteroatoms. The van der Waals surface area contributed by atoms with Gasteiger partial charge in [-0.15, -0.1) is 0 Å². The molecular weight excluding hydrogens is 510 g/mol. The van der Waals surface area contributed by atoms with E-state index >= 15 is 0 Å². The summed E-state index contributed by atoms with van der Waals surface area (Å²) in [7, 11) is 3.99. The van der Waals surface area contributed by atoms with Gasteiger partial charge in [-0.3, -0.25) is 19.2 Å². The summed E-state index contributed by atoms with van der Waals surface area (Å²) >= 11 is 0. The van der Waals surface area contributed by atoms with Gasteiger partial charge in [-0.1, -0.05) is 42.5 Å². The molecule has 0 aromatic heterocycles. The molecule has 216 valence electrons. The lowest BCUT2D eigenvalue weighted by Crippen LogP contribution is -2.50. The summed E-state index contributed by atoms with van der Waals surface area (Å²) in [5.74, 6) is -1.08. The highest BCUT2D eigenvalue weighted by Crippen LogP contribution is 2.19. The first kappa shape index (κ1) is 30.6. The van der Waals surface area contributed by atoms with Crippen LogP contribution in [-0.2, 0) is 20.8 Å². The summed E-state index contributed by atoms with van der Waals surface area (Å²) in [4.78, 5) is 54.3. The second-order valence-corrected chi connectivity index (χ2v) is 10.2. The van der Waals surface area contributed by atoms with E-state index in [4.69, 9.17) is 4.74 Å². The van der Waals surface area contributed by atoms with Crippen LogP contribution in [0.25, 0.3) is 0 Å². The van der Waals surface area contributed by atoms with Crippen molar-refractivity contribution in [3.63, 3.8) is 0 Å². The number of ether oxygens (including phenoxy) is 1. The Labute approximate surface area is 236 Å². The van der Waals surface area contributed by atoms with Crippen molar-refractivity contribution in [2.24, 2.45) is 0 Å². The monoisotopic (exact) mass is 551 g/mol. The Balaban J connectivity index is 1.75. The summed E-state index contributed by atoms with van der Waals surface area (Å²) in [6.45, 7) is 2.00. The molecule has 0 unspecified atom stereocenters. The van der Waals surface area contributed by atoms with E-state index in [0.717, 1.165) is 24.9 Å². The Hall–Kier alpha value is -3.92. The van der Waals surface area contributed by atoms with Gasteiger partial charge in [0.05, 0.1) is 12.2 Å². The molecule has 0 saturated carbocycles. The standard InChI is InChI=1S/C30H41N5O5/c1-35(2)19-9-8-17-31-29(38)24-15-16-27(36)33-25(21-22-11-4-3-5-12-22)30(39)32-18-10-20-40-26-14-7-6-13-23(26)28(37)34-24/h3-7,11-14,24-25H,8-10,15-21H2,1-2H3,(H,31,38)(H,32,39)(H,33,36)(H,34,37)/t24-,25-/m0/s1. The molecule has 1 aliphatic heterocycles. The maximum Gasteiger partial charge on any atom is 0.255 e. The molecule has 1 aliphatic rings. The predicted octanol–water partition coefficient (Wildman–Crippen LogP) is 1.65. The summed E-state index contributed by atoms with van der Waals surface area (Å²) < 4.78 is 5.85.